The molecule has 5 heteroatoms. The van der Waals surface area contributed by atoms with Gasteiger partial charge in [-0.25, -0.2) is 12.8 Å². The van der Waals surface area contributed by atoms with E-state index in [9.17, 15) is 17.6 Å². The van der Waals surface area contributed by atoms with Gasteiger partial charge in [0.25, 0.3) is 0 Å². The third-order valence-electron chi connectivity index (χ3n) is 2.35. The summed E-state index contributed by atoms with van der Waals surface area (Å²) in [5.74, 6) is -0.831. The van der Waals surface area contributed by atoms with Crippen molar-refractivity contribution in [3.63, 3.8) is 0 Å². The molecular formula is C11H9FO3S. The molecule has 0 aliphatic carbocycles. The first kappa shape index (κ1) is 11.0. The zero-order valence-corrected chi connectivity index (χ0v) is 9.34. The lowest BCUT2D eigenvalue weighted by molar-refractivity contribution is -0.116. The van der Waals surface area contributed by atoms with Gasteiger partial charge in [0.2, 0.25) is 9.84 Å². The van der Waals surface area contributed by atoms with Gasteiger partial charge < -0.3 is 0 Å². The Morgan fingerprint density at radius 1 is 1.38 bits per heavy atom. The molecule has 16 heavy (non-hydrogen) atoms. The number of sulfone groups is 1. The highest BCUT2D eigenvalue weighted by molar-refractivity contribution is 7.95. The van der Waals surface area contributed by atoms with Crippen molar-refractivity contribution in [3.8, 4) is 0 Å². The fourth-order valence-corrected chi connectivity index (χ4v) is 3.31. The molecule has 0 spiro atoms. The van der Waals surface area contributed by atoms with Crippen molar-refractivity contribution in [3.05, 3.63) is 34.5 Å². The van der Waals surface area contributed by atoms with Crippen molar-refractivity contribution in [2.24, 2.45) is 0 Å². The molecule has 1 heterocycles. The van der Waals surface area contributed by atoms with E-state index in [0.29, 0.717) is 5.56 Å². The van der Waals surface area contributed by atoms with E-state index in [4.69, 9.17) is 0 Å². The first-order valence-corrected chi connectivity index (χ1v) is 6.14. The molecule has 0 unspecified atom stereocenters. The summed E-state index contributed by atoms with van der Waals surface area (Å²) >= 11 is 0. The van der Waals surface area contributed by atoms with Crippen molar-refractivity contribution < 1.29 is 17.6 Å². The fraction of sp³-hybridized carbons (Fsp3) is 0.182. The van der Waals surface area contributed by atoms with E-state index >= 15 is 0 Å². The maximum Gasteiger partial charge on any atom is 0.203 e. The van der Waals surface area contributed by atoms with Crippen LogP contribution in [0.5, 0.6) is 0 Å². The lowest BCUT2D eigenvalue weighted by Crippen LogP contribution is -2.04. The predicted octanol–water partition coefficient (Wildman–Crippen LogP) is 1.93. The van der Waals surface area contributed by atoms with Crippen molar-refractivity contribution in [2.75, 3.05) is 0 Å². The molecular weight excluding hydrogens is 231 g/mol. The second-order valence-electron chi connectivity index (χ2n) is 3.68. The van der Waals surface area contributed by atoms with Crippen molar-refractivity contribution in [1.29, 1.82) is 0 Å². The van der Waals surface area contributed by atoms with Gasteiger partial charge in [-0.3, -0.25) is 4.79 Å². The number of fused-ring (bicyclic) bond motifs is 1. The Hall–Kier alpha value is -1.49. The minimum absolute atomic E-state index is 0.0422. The van der Waals surface area contributed by atoms with Gasteiger partial charge >= 0.3 is 0 Å². The highest BCUT2D eigenvalue weighted by atomic mass is 32.2. The Labute approximate surface area is 92.5 Å². The van der Waals surface area contributed by atoms with E-state index in [1.807, 2.05) is 0 Å². The van der Waals surface area contributed by atoms with E-state index < -0.39 is 15.7 Å². The van der Waals surface area contributed by atoms with E-state index in [-0.39, 0.29) is 22.0 Å². The summed E-state index contributed by atoms with van der Waals surface area (Å²) in [7, 11) is -3.66. The second kappa shape index (κ2) is 3.52. The molecule has 0 N–H and O–H groups in total. The SMILES string of the molecule is CC(=O)CC1=Cc2ccc(F)cc2S1(=O)=O. The summed E-state index contributed by atoms with van der Waals surface area (Å²) in [6.45, 7) is 1.32. The normalized spacial score (nSPS) is 16.8. The molecule has 0 fully saturated rings. The number of hydrogen-bond acceptors (Lipinski definition) is 3. The molecule has 1 aromatic rings. The Balaban J connectivity index is 2.56. The molecule has 0 amide bonds. The molecule has 0 aromatic heterocycles. The van der Waals surface area contributed by atoms with Gasteiger partial charge in [-0.15, -0.1) is 0 Å². The van der Waals surface area contributed by atoms with Gasteiger partial charge in [-0.1, -0.05) is 6.07 Å². The number of ketones is 1. The van der Waals surface area contributed by atoms with Crippen LogP contribution in [0.3, 0.4) is 0 Å². The third kappa shape index (κ3) is 1.67. The molecule has 2 rings (SSSR count). The molecule has 0 atom stereocenters. The van der Waals surface area contributed by atoms with Crippen LogP contribution in [-0.4, -0.2) is 14.2 Å². The summed E-state index contributed by atoms with van der Waals surface area (Å²) in [5, 5.41) is 0. The van der Waals surface area contributed by atoms with Crippen LogP contribution in [0.1, 0.15) is 18.9 Å². The molecule has 1 aliphatic rings. The summed E-state index contributed by atoms with van der Waals surface area (Å²) in [6.07, 6.45) is 1.28. The number of halogens is 1. The van der Waals surface area contributed by atoms with Gasteiger partial charge in [0.05, 0.1) is 9.80 Å². The van der Waals surface area contributed by atoms with Crippen LogP contribution in [0.2, 0.25) is 0 Å². The number of benzene rings is 1. The van der Waals surface area contributed by atoms with E-state index in [0.717, 1.165) is 6.07 Å². The van der Waals surface area contributed by atoms with E-state index in [2.05, 4.69) is 0 Å². The number of rotatable bonds is 2. The molecule has 1 aromatic carbocycles. The van der Waals surface area contributed by atoms with Crippen LogP contribution in [0.15, 0.2) is 28.0 Å². The van der Waals surface area contributed by atoms with E-state index in [1.54, 1.807) is 0 Å². The minimum Gasteiger partial charge on any atom is -0.300 e. The van der Waals surface area contributed by atoms with Crippen LogP contribution >= 0.6 is 0 Å². The smallest absolute Gasteiger partial charge is 0.203 e. The number of allylic oxidation sites excluding steroid dienone is 1. The van der Waals surface area contributed by atoms with Crippen LogP contribution in [0.4, 0.5) is 4.39 Å². The monoisotopic (exact) mass is 240 g/mol. The molecule has 0 radical (unpaired) electrons. The standard InChI is InChI=1S/C11H9FO3S/c1-7(13)4-10-5-8-2-3-9(12)6-11(8)16(10,14)15/h2-3,5-6H,4H2,1H3. The molecule has 0 bridgehead atoms. The Kier molecular flexibility index (Phi) is 2.42. The number of carbonyl (C=O) groups is 1. The van der Waals surface area contributed by atoms with Crippen molar-refractivity contribution in [1.82, 2.24) is 0 Å². The average Bonchev–Trinajstić information content (AvgIpc) is 2.40. The summed E-state index contributed by atoms with van der Waals surface area (Å²) < 4.78 is 36.7. The zero-order chi connectivity index (χ0) is 11.9. The molecule has 0 saturated heterocycles. The topological polar surface area (TPSA) is 51.2 Å². The Morgan fingerprint density at radius 2 is 2.06 bits per heavy atom. The van der Waals surface area contributed by atoms with Crippen molar-refractivity contribution >= 4 is 21.7 Å². The van der Waals surface area contributed by atoms with Crippen molar-refractivity contribution in [2.45, 2.75) is 18.2 Å². The van der Waals surface area contributed by atoms with Gasteiger partial charge in [0.1, 0.15) is 11.6 Å². The van der Waals surface area contributed by atoms with E-state index in [1.165, 1.54) is 25.1 Å². The van der Waals surface area contributed by atoms with Crippen LogP contribution in [0.25, 0.3) is 6.08 Å². The number of carbonyl (C=O) groups excluding carboxylic acids is 1. The highest BCUT2D eigenvalue weighted by Crippen LogP contribution is 2.34. The quantitative estimate of drug-likeness (QED) is 0.793. The second-order valence-corrected chi connectivity index (χ2v) is 5.65. The fourth-order valence-electron chi connectivity index (χ4n) is 1.64. The first-order valence-electron chi connectivity index (χ1n) is 4.66. The van der Waals surface area contributed by atoms with Crippen LogP contribution in [-0.2, 0) is 14.6 Å². The van der Waals surface area contributed by atoms with Gasteiger partial charge in [0.15, 0.2) is 0 Å². The maximum atomic E-state index is 12.9. The van der Waals surface area contributed by atoms with Gasteiger partial charge in [-0.05, 0) is 30.7 Å². The average molecular weight is 240 g/mol. The predicted molar refractivity (Wildman–Crippen MR) is 56.9 cm³/mol. The summed E-state index contributed by atoms with van der Waals surface area (Å²) in [4.78, 5) is 10.9. The zero-order valence-electron chi connectivity index (χ0n) is 8.53. The molecule has 3 nitrogen and oxygen atoms in total. The number of Topliss-reactive ketones (excluding diaryl/α,β-unsaturated/α-hetero) is 1. The van der Waals surface area contributed by atoms with Crippen LogP contribution in [0, 0.1) is 5.82 Å². The first-order chi connectivity index (χ1) is 7.41. The largest absolute Gasteiger partial charge is 0.300 e. The maximum absolute atomic E-state index is 12.9. The lowest BCUT2D eigenvalue weighted by Gasteiger charge is -2.01. The summed E-state index contributed by atoms with van der Waals surface area (Å²) in [6, 6.07) is 3.57. The minimum atomic E-state index is -3.66. The Bertz CT molecular complexity index is 600. The van der Waals surface area contributed by atoms with Crippen LogP contribution < -0.4 is 0 Å². The number of hydrogen-bond donors (Lipinski definition) is 0. The molecule has 84 valence electrons. The molecule has 0 saturated carbocycles. The Morgan fingerprint density at radius 3 is 2.69 bits per heavy atom. The third-order valence-corrected chi connectivity index (χ3v) is 4.24. The van der Waals surface area contributed by atoms with Gasteiger partial charge in [-0.2, -0.15) is 0 Å². The molecule has 1 aliphatic heterocycles. The summed E-state index contributed by atoms with van der Waals surface area (Å²) in [5.41, 5.74) is 0.442. The highest BCUT2D eigenvalue weighted by Gasteiger charge is 2.30. The van der Waals surface area contributed by atoms with Gasteiger partial charge in [0, 0.05) is 6.42 Å². The lowest BCUT2D eigenvalue weighted by atomic mass is 10.2.